The number of hydrogen-bond donors (Lipinski definition) is 0. The van der Waals surface area contributed by atoms with Crippen LogP contribution in [0, 0.1) is 0 Å². The van der Waals surface area contributed by atoms with Gasteiger partial charge in [0.2, 0.25) is 9.84 Å². The lowest BCUT2D eigenvalue weighted by Gasteiger charge is -2.12. The molecule has 67 heavy (non-hydrogen) atoms. The Bertz CT molecular complexity index is 4070. The summed E-state index contributed by atoms with van der Waals surface area (Å²) in [6.45, 7) is 0. The molecule has 0 aliphatic rings. The Morgan fingerprint density at radius 1 is 0.224 bits per heavy atom. The Morgan fingerprint density at radius 2 is 0.448 bits per heavy atom. The highest BCUT2D eigenvalue weighted by Crippen LogP contribution is 2.39. The zero-order valence-corrected chi connectivity index (χ0v) is 36.8. The van der Waals surface area contributed by atoms with E-state index in [1.54, 1.807) is 24.3 Å². The smallest absolute Gasteiger partial charge is 0.206 e. The summed E-state index contributed by atoms with van der Waals surface area (Å²) in [5.41, 5.74) is 12.8. The minimum Gasteiger partial charge on any atom is -0.309 e. The number of aromatic nitrogens is 4. The van der Waals surface area contributed by atoms with Gasteiger partial charge in [0.1, 0.15) is 0 Å². The Kier molecular flexibility index (Phi) is 7.97. The highest BCUT2D eigenvalue weighted by molar-refractivity contribution is 7.91. The lowest BCUT2D eigenvalue weighted by atomic mass is 10.1. The van der Waals surface area contributed by atoms with Crippen LogP contribution in [-0.4, -0.2) is 26.7 Å². The molecule has 0 aliphatic carbocycles. The molecular weight excluding hydrogens is 841 g/mol. The molecule has 0 atom stereocenters. The monoisotopic (exact) mass is 878 g/mol. The Balaban J connectivity index is 0.818. The van der Waals surface area contributed by atoms with E-state index in [0.717, 1.165) is 88.4 Å². The van der Waals surface area contributed by atoms with Crippen molar-refractivity contribution in [3.63, 3.8) is 0 Å². The van der Waals surface area contributed by atoms with E-state index in [-0.39, 0.29) is 9.79 Å². The molecule has 6 nitrogen and oxygen atoms in total. The van der Waals surface area contributed by atoms with Gasteiger partial charge in [-0.15, -0.1) is 0 Å². The van der Waals surface area contributed by atoms with Crippen LogP contribution in [0.5, 0.6) is 0 Å². The molecule has 316 valence electrons. The summed E-state index contributed by atoms with van der Waals surface area (Å²) in [6.07, 6.45) is 0. The van der Waals surface area contributed by atoms with Gasteiger partial charge in [0.25, 0.3) is 0 Å². The number of fused-ring (bicyclic) bond motifs is 12. The second kappa shape index (κ2) is 14.2. The molecule has 0 saturated carbocycles. The van der Waals surface area contributed by atoms with Crippen LogP contribution >= 0.6 is 0 Å². The van der Waals surface area contributed by atoms with Crippen molar-refractivity contribution in [2.24, 2.45) is 0 Å². The molecule has 0 aliphatic heterocycles. The van der Waals surface area contributed by atoms with E-state index in [9.17, 15) is 8.42 Å². The van der Waals surface area contributed by atoms with Gasteiger partial charge in [0.15, 0.2) is 0 Å². The molecule has 7 heteroatoms. The number of benzene rings is 10. The van der Waals surface area contributed by atoms with Crippen LogP contribution in [0.3, 0.4) is 0 Å². The van der Waals surface area contributed by atoms with Crippen LogP contribution in [0.1, 0.15) is 0 Å². The van der Waals surface area contributed by atoms with Crippen molar-refractivity contribution in [3.8, 4) is 22.7 Å². The minimum atomic E-state index is -3.84. The normalized spacial score (nSPS) is 12.3. The zero-order valence-electron chi connectivity index (χ0n) is 36.0. The minimum absolute atomic E-state index is 0.243. The van der Waals surface area contributed by atoms with E-state index in [0.29, 0.717) is 0 Å². The number of rotatable bonds is 6. The largest absolute Gasteiger partial charge is 0.309 e. The van der Waals surface area contributed by atoms with Crippen molar-refractivity contribution in [3.05, 3.63) is 231 Å². The third kappa shape index (κ3) is 5.46. The van der Waals surface area contributed by atoms with E-state index in [1.165, 1.54) is 21.5 Å². The fraction of sp³-hybridized carbons (Fsp3) is 0. The maximum atomic E-state index is 14.3. The summed E-state index contributed by atoms with van der Waals surface area (Å²) in [6, 6.07) is 78.9. The van der Waals surface area contributed by atoms with Crippen molar-refractivity contribution in [1.82, 2.24) is 18.3 Å². The molecule has 0 radical (unpaired) electrons. The summed E-state index contributed by atoms with van der Waals surface area (Å²) in [7, 11) is -3.84. The van der Waals surface area contributed by atoms with Crippen LogP contribution in [0.25, 0.3) is 110 Å². The van der Waals surface area contributed by atoms with Gasteiger partial charge in [-0.05, 0) is 121 Å². The molecule has 10 aromatic carbocycles. The van der Waals surface area contributed by atoms with Gasteiger partial charge in [0, 0.05) is 65.8 Å². The molecular formula is C60H38N4O2S. The summed E-state index contributed by atoms with van der Waals surface area (Å²) in [4.78, 5) is 0.487. The first kappa shape index (κ1) is 37.7. The topological polar surface area (TPSA) is 53.9 Å². The second-order valence-electron chi connectivity index (χ2n) is 17.3. The van der Waals surface area contributed by atoms with Gasteiger partial charge >= 0.3 is 0 Å². The van der Waals surface area contributed by atoms with Gasteiger partial charge in [-0.1, -0.05) is 109 Å². The fourth-order valence-corrected chi connectivity index (χ4v) is 12.1. The van der Waals surface area contributed by atoms with E-state index in [2.05, 4.69) is 200 Å². The zero-order chi connectivity index (χ0) is 44.4. The molecule has 0 amide bonds. The molecule has 14 aromatic rings. The molecule has 0 N–H and O–H groups in total. The van der Waals surface area contributed by atoms with Crippen LogP contribution in [-0.2, 0) is 9.84 Å². The predicted molar refractivity (Wildman–Crippen MR) is 276 cm³/mol. The molecule has 0 fully saturated rings. The quantitative estimate of drug-likeness (QED) is 0.167. The number of nitrogens with zero attached hydrogens (tertiary/aromatic N) is 4. The molecule has 0 saturated heterocycles. The van der Waals surface area contributed by atoms with Crippen LogP contribution in [0.15, 0.2) is 240 Å². The Morgan fingerprint density at radius 3 is 0.746 bits per heavy atom. The molecule has 0 bridgehead atoms. The second-order valence-corrected chi connectivity index (χ2v) is 19.3. The van der Waals surface area contributed by atoms with Gasteiger partial charge in [0.05, 0.1) is 53.9 Å². The maximum Gasteiger partial charge on any atom is 0.206 e. The van der Waals surface area contributed by atoms with Gasteiger partial charge < -0.3 is 18.3 Å². The highest BCUT2D eigenvalue weighted by Gasteiger charge is 2.22. The molecule has 0 spiro atoms. The van der Waals surface area contributed by atoms with E-state index in [4.69, 9.17) is 0 Å². The average Bonchev–Trinajstić information content (AvgIpc) is 4.11. The number of hydrogen-bond acceptors (Lipinski definition) is 2. The summed E-state index contributed by atoms with van der Waals surface area (Å²) < 4.78 is 37.8. The molecule has 14 rings (SSSR count). The summed E-state index contributed by atoms with van der Waals surface area (Å²) >= 11 is 0. The van der Waals surface area contributed by atoms with Gasteiger partial charge in [-0.25, -0.2) is 8.42 Å². The Hall–Kier alpha value is -8.65. The first-order valence-corrected chi connectivity index (χ1v) is 24.0. The van der Waals surface area contributed by atoms with Crippen LogP contribution in [0.2, 0.25) is 0 Å². The maximum absolute atomic E-state index is 14.3. The summed E-state index contributed by atoms with van der Waals surface area (Å²) in [5, 5.41) is 9.40. The van der Waals surface area contributed by atoms with Gasteiger partial charge in [-0.3, -0.25) is 0 Å². The number of sulfone groups is 1. The standard InChI is InChI=1S/C60H38N4O2S/c65-67(66,43-31-25-39(26-32-43)61-57-23-11-5-17-49(57)51-37-41(29-35-59(51)61)63-53-19-7-1-13-45(53)46-14-2-8-20-54(46)63)44-33-27-40(28-34-44)62-58-24-12-6-18-50(58)52-38-42(30-36-60(52)62)64-55-21-9-3-15-47(55)48-16-4-10-22-56(48)64/h1-38H. The molecule has 0 unspecified atom stereocenters. The van der Waals surface area contributed by atoms with Crippen LogP contribution in [0.4, 0.5) is 0 Å². The van der Waals surface area contributed by atoms with E-state index in [1.807, 2.05) is 24.3 Å². The molecule has 4 aromatic heterocycles. The Labute approximate surface area is 384 Å². The third-order valence-electron chi connectivity index (χ3n) is 13.8. The fourth-order valence-electron chi connectivity index (χ4n) is 10.8. The first-order chi connectivity index (χ1) is 33.0. The van der Waals surface area contributed by atoms with Gasteiger partial charge in [-0.2, -0.15) is 0 Å². The first-order valence-electron chi connectivity index (χ1n) is 22.5. The van der Waals surface area contributed by atoms with Crippen molar-refractivity contribution >= 4 is 97.1 Å². The van der Waals surface area contributed by atoms with Crippen molar-refractivity contribution in [2.45, 2.75) is 9.79 Å². The summed E-state index contributed by atoms with van der Waals surface area (Å²) in [5.74, 6) is 0. The average molecular weight is 879 g/mol. The van der Waals surface area contributed by atoms with Crippen LogP contribution < -0.4 is 0 Å². The lowest BCUT2D eigenvalue weighted by Crippen LogP contribution is -2.03. The van der Waals surface area contributed by atoms with E-state index < -0.39 is 9.84 Å². The number of para-hydroxylation sites is 6. The van der Waals surface area contributed by atoms with Crippen molar-refractivity contribution < 1.29 is 8.42 Å². The lowest BCUT2D eigenvalue weighted by molar-refractivity contribution is 0.596. The highest BCUT2D eigenvalue weighted by atomic mass is 32.2. The van der Waals surface area contributed by atoms with E-state index >= 15 is 0 Å². The van der Waals surface area contributed by atoms with Crippen molar-refractivity contribution in [2.75, 3.05) is 0 Å². The SMILES string of the molecule is O=S(=O)(c1ccc(-n2c3ccccc3c3cc(-n4c5ccccc5c5ccccc54)ccc32)cc1)c1ccc(-n2c3ccccc3c3cc(-n4c5ccccc5c5ccccc54)ccc32)cc1. The predicted octanol–water partition coefficient (Wildman–Crippen LogP) is 14.9. The van der Waals surface area contributed by atoms with Crippen molar-refractivity contribution in [1.29, 1.82) is 0 Å². The molecule has 4 heterocycles. The third-order valence-corrected chi connectivity index (χ3v) is 15.6.